The normalized spacial score (nSPS) is 15.8. The Morgan fingerprint density at radius 2 is 1.74 bits per heavy atom. The van der Waals surface area contributed by atoms with Crippen molar-refractivity contribution in [3.05, 3.63) is 58.9 Å². The number of benzene rings is 2. The average Bonchev–Trinajstić information content (AvgIpc) is 2.76. The van der Waals surface area contributed by atoms with Gasteiger partial charge in [0.15, 0.2) is 6.10 Å². The summed E-state index contributed by atoms with van der Waals surface area (Å²) in [5, 5.41) is 3.08. The van der Waals surface area contributed by atoms with Crippen LogP contribution in [0.3, 0.4) is 0 Å². The minimum absolute atomic E-state index is 0.164. The van der Waals surface area contributed by atoms with E-state index in [4.69, 9.17) is 16.3 Å². The van der Waals surface area contributed by atoms with Crippen LogP contribution in [-0.2, 0) is 19.6 Å². The molecule has 0 aromatic heterocycles. The maximum absolute atomic E-state index is 14.3. The maximum Gasteiger partial charge on any atom is 0.338 e. The third kappa shape index (κ3) is 5.61. The Morgan fingerprint density at radius 3 is 2.39 bits per heavy atom. The zero-order chi connectivity index (χ0) is 22.6. The van der Waals surface area contributed by atoms with Crippen LogP contribution in [0.5, 0.6) is 0 Å². The van der Waals surface area contributed by atoms with E-state index in [1.54, 1.807) is 24.3 Å². The van der Waals surface area contributed by atoms with Crippen molar-refractivity contribution < 1.29 is 27.1 Å². The van der Waals surface area contributed by atoms with Crippen molar-refractivity contribution in [1.29, 1.82) is 0 Å². The van der Waals surface area contributed by atoms with Crippen molar-refractivity contribution in [1.82, 2.24) is 4.31 Å². The summed E-state index contributed by atoms with van der Waals surface area (Å²) in [7, 11) is -4.08. The molecule has 166 valence electrons. The molecule has 0 bridgehead atoms. The number of hydrogen-bond donors (Lipinski definition) is 1. The van der Waals surface area contributed by atoms with Crippen LogP contribution in [0.4, 0.5) is 10.1 Å². The summed E-state index contributed by atoms with van der Waals surface area (Å²) in [6.45, 7) is 1.98. The van der Waals surface area contributed by atoms with Gasteiger partial charge in [-0.05, 0) is 62.2 Å². The molecule has 3 rings (SSSR count). The summed E-state index contributed by atoms with van der Waals surface area (Å²) in [6, 6.07) is 9.35. The van der Waals surface area contributed by atoms with E-state index in [0.29, 0.717) is 36.6 Å². The molecule has 1 heterocycles. The van der Waals surface area contributed by atoms with E-state index in [0.717, 1.165) is 24.6 Å². The zero-order valence-corrected chi connectivity index (χ0v) is 18.4. The minimum Gasteiger partial charge on any atom is -0.449 e. The molecule has 10 heteroatoms. The molecular weight excluding hydrogens is 447 g/mol. The Kier molecular flexibility index (Phi) is 7.30. The van der Waals surface area contributed by atoms with E-state index >= 15 is 0 Å². The fraction of sp³-hybridized carbons (Fsp3) is 0.333. The molecule has 1 atom stereocenters. The van der Waals surface area contributed by atoms with Gasteiger partial charge in [0.1, 0.15) is 10.7 Å². The Hall–Kier alpha value is -2.49. The van der Waals surface area contributed by atoms with Gasteiger partial charge in [-0.25, -0.2) is 17.6 Å². The van der Waals surface area contributed by atoms with Gasteiger partial charge >= 0.3 is 5.97 Å². The molecule has 1 unspecified atom stereocenters. The Labute approximate surface area is 185 Å². The molecule has 1 aliphatic rings. The molecule has 2 aromatic rings. The number of anilines is 1. The molecule has 0 radical (unpaired) electrons. The Morgan fingerprint density at radius 1 is 1.10 bits per heavy atom. The van der Waals surface area contributed by atoms with Crippen molar-refractivity contribution in [3.8, 4) is 0 Å². The number of carbonyl (C=O) groups is 2. The molecule has 7 nitrogen and oxygen atoms in total. The molecule has 0 spiro atoms. The molecule has 31 heavy (non-hydrogen) atoms. The van der Waals surface area contributed by atoms with E-state index < -0.39 is 38.7 Å². The van der Waals surface area contributed by atoms with Crippen LogP contribution in [0.15, 0.2) is 47.4 Å². The first kappa shape index (κ1) is 23.2. The molecule has 1 fully saturated rings. The van der Waals surface area contributed by atoms with Gasteiger partial charge in [-0.15, -0.1) is 0 Å². The van der Waals surface area contributed by atoms with Crippen molar-refractivity contribution in [2.75, 3.05) is 18.4 Å². The second kappa shape index (κ2) is 9.76. The number of amides is 1. The number of rotatable bonds is 6. The average molecular weight is 469 g/mol. The number of esters is 1. The number of ether oxygens (including phenoxy) is 1. The monoisotopic (exact) mass is 468 g/mol. The number of carbonyl (C=O) groups excluding carboxylic acids is 2. The van der Waals surface area contributed by atoms with Gasteiger partial charge in [-0.3, -0.25) is 4.79 Å². The first-order valence-electron chi connectivity index (χ1n) is 9.75. The lowest BCUT2D eigenvalue weighted by Crippen LogP contribution is -2.36. The third-order valence-corrected chi connectivity index (χ3v) is 7.03. The van der Waals surface area contributed by atoms with Crippen LogP contribution in [0.25, 0.3) is 0 Å². The summed E-state index contributed by atoms with van der Waals surface area (Å²) in [4.78, 5) is 24.2. The Balaban J connectivity index is 1.72. The van der Waals surface area contributed by atoms with E-state index in [-0.39, 0.29) is 5.56 Å². The highest BCUT2D eigenvalue weighted by molar-refractivity contribution is 7.89. The summed E-state index contributed by atoms with van der Waals surface area (Å²) in [5.74, 6) is -2.47. The lowest BCUT2D eigenvalue weighted by Gasteiger charge is -2.26. The first-order valence-corrected chi connectivity index (χ1v) is 11.6. The number of piperidine rings is 1. The van der Waals surface area contributed by atoms with Crippen LogP contribution in [0.2, 0.25) is 5.02 Å². The summed E-state index contributed by atoms with van der Waals surface area (Å²) in [6.07, 6.45) is 1.14. The van der Waals surface area contributed by atoms with Gasteiger partial charge in [-0.2, -0.15) is 4.31 Å². The number of hydrogen-bond acceptors (Lipinski definition) is 5. The molecule has 1 aliphatic heterocycles. The summed E-state index contributed by atoms with van der Waals surface area (Å²) < 4.78 is 46.3. The van der Waals surface area contributed by atoms with Crippen molar-refractivity contribution in [2.24, 2.45) is 0 Å². The van der Waals surface area contributed by atoms with Crippen LogP contribution >= 0.6 is 11.6 Å². The van der Waals surface area contributed by atoms with E-state index in [9.17, 15) is 22.4 Å². The lowest BCUT2D eigenvalue weighted by atomic mass is 10.2. The highest BCUT2D eigenvalue weighted by Crippen LogP contribution is 2.24. The zero-order valence-electron chi connectivity index (χ0n) is 16.8. The molecular formula is C21H22ClFN2O5S. The molecule has 2 aromatic carbocycles. The number of sulfonamides is 1. The number of halogens is 2. The standard InChI is InChI=1S/C21H22ClFN2O5S/c1-14(20(26)24-17-8-6-16(22)7-9-17)30-21(27)15-5-10-18(23)19(13-15)31(28,29)25-11-3-2-4-12-25/h5-10,13-14H,2-4,11-12H2,1H3,(H,24,26). The van der Waals surface area contributed by atoms with Crippen LogP contribution in [0.1, 0.15) is 36.5 Å². The van der Waals surface area contributed by atoms with Gasteiger partial charge in [0.25, 0.3) is 5.91 Å². The van der Waals surface area contributed by atoms with Gasteiger partial charge in [0.05, 0.1) is 5.56 Å². The topological polar surface area (TPSA) is 92.8 Å². The van der Waals surface area contributed by atoms with Crippen molar-refractivity contribution in [2.45, 2.75) is 37.2 Å². The highest BCUT2D eigenvalue weighted by atomic mass is 35.5. The molecule has 1 amide bonds. The van der Waals surface area contributed by atoms with Crippen LogP contribution in [0, 0.1) is 5.82 Å². The van der Waals surface area contributed by atoms with Crippen LogP contribution < -0.4 is 5.32 Å². The second-order valence-corrected chi connectivity index (χ2v) is 9.50. The predicted molar refractivity (Wildman–Crippen MR) is 114 cm³/mol. The summed E-state index contributed by atoms with van der Waals surface area (Å²) in [5.41, 5.74) is 0.303. The highest BCUT2D eigenvalue weighted by Gasteiger charge is 2.30. The summed E-state index contributed by atoms with van der Waals surface area (Å²) >= 11 is 5.80. The molecule has 1 saturated heterocycles. The molecule has 0 saturated carbocycles. The van der Waals surface area contributed by atoms with E-state index in [1.165, 1.54) is 11.2 Å². The van der Waals surface area contributed by atoms with Crippen molar-refractivity contribution >= 4 is 39.2 Å². The smallest absolute Gasteiger partial charge is 0.338 e. The fourth-order valence-electron chi connectivity index (χ4n) is 3.13. The van der Waals surface area contributed by atoms with E-state index in [2.05, 4.69) is 5.32 Å². The van der Waals surface area contributed by atoms with Crippen LogP contribution in [-0.4, -0.2) is 43.8 Å². The molecule has 1 N–H and O–H groups in total. The number of nitrogens with one attached hydrogen (secondary N) is 1. The van der Waals surface area contributed by atoms with Gasteiger partial charge in [-0.1, -0.05) is 18.0 Å². The Bertz CT molecular complexity index is 1070. The third-order valence-electron chi connectivity index (χ3n) is 4.86. The quantitative estimate of drug-likeness (QED) is 0.650. The second-order valence-electron chi connectivity index (χ2n) is 7.15. The first-order chi connectivity index (χ1) is 14.7. The van der Waals surface area contributed by atoms with Crippen molar-refractivity contribution in [3.63, 3.8) is 0 Å². The number of nitrogens with zero attached hydrogens (tertiary/aromatic N) is 1. The maximum atomic E-state index is 14.3. The fourth-order valence-corrected chi connectivity index (χ4v) is 4.87. The minimum atomic E-state index is -4.08. The van der Waals surface area contributed by atoms with Gasteiger partial charge in [0, 0.05) is 23.8 Å². The molecule has 0 aliphatic carbocycles. The predicted octanol–water partition coefficient (Wildman–Crippen LogP) is 3.84. The van der Waals surface area contributed by atoms with Gasteiger partial charge < -0.3 is 10.1 Å². The largest absolute Gasteiger partial charge is 0.449 e. The van der Waals surface area contributed by atoms with E-state index in [1.807, 2.05) is 0 Å². The lowest BCUT2D eigenvalue weighted by molar-refractivity contribution is -0.123. The van der Waals surface area contributed by atoms with Gasteiger partial charge in [0.2, 0.25) is 10.0 Å². The SMILES string of the molecule is CC(OC(=O)c1ccc(F)c(S(=O)(=O)N2CCCCC2)c1)C(=O)Nc1ccc(Cl)cc1.